The first-order valence-electron chi connectivity index (χ1n) is 8.80. The predicted octanol–water partition coefficient (Wildman–Crippen LogP) is 2.65. The number of hydrogen-bond acceptors (Lipinski definition) is 4. The summed E-state index contributed by atoms with van der Waals surface area (Å²) in [6.45, 7) is 3.56. The van der Waals surface area contributed by atoms with E-state index in [0.29, 0.717) is 27.9 Å². The Labute approximate surface area is 162 Å². The summed E-state index contributed by atoms with van der Waals surface area (Å²) < 4.78 is 5.52. The van der Waals surface area contributed by atoms with Gasteiger partial charge in [-0.05, 0) is 37.6 Å². The third-order valence-electron chi connectivity index (χ3n) is 4.44. The van der Waals surface area contributed by atoms with Crippen LogP contribution in [0.4, 0.5) is 0 Å². The highest BCUT2D eigenvalue weighted by molar-refractivity contribution is 6.06. The Morgan fingerprint density at radius 2 is 1.89 bits per heavy atom. The van der Waals surface area contributed by atoms with Crippen molar-refractivity contribution < 1.29 is 14.3 Å². The molecule has 144 valence electrons. The Morgan fingerprint density at radius 1 is 1.18 bits per heavy atom. The number of nitrogens with zero attached hydrogens (tertiary/aromatic N) is 1. The summed E-state index contributed by atoms with van der Waals surface area (Å²) >= 11 is 0. The van der Waals surface area contributed by atoms with Crippen LogP contribution in [0.5, 0.6) is 5.75 Å². The van der Waals surface area contributed by atoms with Crippen molar-refractivity contribution in [2.45, 2.75) is 19.9 Å². The molecule has 0 spiro atoms. The number of carbonyl (C=O) groups excluding carboxylic acids is 2. The number of aromatic amines is 1. The van der Waals surface area contributed by atoms with Crippen molar-refractivity contribution in [1.29, 1.82) is 0 Å². The van der Waals surface area contributed by atoms with E-state index >= 15 is 0 Å². The molecule has 2 amide bonds. The van der Waals surface area contributed by atoms with E-state index < -0.39 is 17.9 Å². The highest BCUT2D eigenvalue weighted by Gasteiger charge is 2.21. The van der Waals surface area contributed by atoms with Gasteiger partial charge < -0.3 is 15.8 Å². The van der Waals surface area contributed by atoms with Crippen LogP contribution in [-0.4, -0.2) is 35.2 Å². The molecule has 0 aliphatic carbocycles. The van der Waals surface area contributed by atoms with Crippen molar-refractivity contribution >= 4 is 34.9 Å². The van der Waals surface area contributed by atoms with Gasteiger partial charge in [-0.3, -0.25) is 14.7 Å². The van der Waals surface area contributed by atoms with Gasteiger partial charge in [0.1, 0.15) is 11.8 Å². The minimum absolute atomic E-state index is 0.300. The van der Waals surface area contributed by atoms with Gasteiger partial charge in [-0.1, -0.05) is 35.9 Å². The fourth-order valence-corrected chi connectivity index (χ4v) is 2.82. The smallest absolute Gasteiger partial charge is 0.255 e. The lowest BCUT2D eigenvalue weighted by molar-refractivity contribution is -0.119. The number of fused-ring (bicyclic) bond motifs is 1. The van der Waals surface area contributed by atoms with E-state index in [2.05, 4.69) is 15.5 Å². The van der Waals surface area contributed by atoms with E-state index in [1.54, 1.807) is 12.1 Å². The van der Waals surface area contributed by atoms with Gasteiger partial charge in [0.15, 0.2) is 0 Å². The number of H-pyrrole nitrogens is 1. The molecule has 1 aromatic heterocycles. The van der Waals surface area contributed by atoms with E-state index in [-0.39, 0.29) is 0 Å². The first kappa shape index (κ1) is 19.2. The SMILES string of the molecule is COc1c(C(=O)N[C@@H](C)C(N)=O)ccc2n[nH]c(/C=C/c3ccc(C)cc3)c12. The molecule has 3 rings (SSSR count). The number of ether oxygens (including phenoxy) is 1. The Kier molecular flexibility index (Phi) is 5.44. The quantitative estimate of drug-likeness (QED) is 0.612. The van der Waals surface area contributed by atoms with Gasteiger partial charge in [0.25, 0.3) is 5.91 Å². The number of benzene rings is 2. The number of hydrogen-bond donors (Lipinski definition) is 3. The van der Waals surface area contributed by atoms with E-state index in [4.69, 9.17) is 10.5 Å². The van der Waals surface area contributed by atoms with Crippen LogP contribution in [0, 0.1) is 6.92 Å². The van der Waals surface area contributed by atoms with Gasteiger partial charge in [-0.15, -0.1) is 0 Å². The maximum atomic E-state index is 12.6. The minimum Gasteiger partial charge on any atom is -0.495 e. The van der Waals surface area contributed by atoms with Gasteiger partial charge in [0.2, 0.25) is 5.91 Å². The zero-order valence-corrected chi connectivity index (χ0v) is 15.9. The number of aryl methyl sites for hydroxylation is 1. The lowest BCUT2D eigenvalue weighted by atomic mass is 10.1. The van der Waals surface area contributed by atoms with Crippen LogP contribution in [0.3, 0.4) is 0 Å². The number of carbonyl (C=O) groups is 2. The molecule has 1 heterocycles. The van der Waals surface area contributed by atoms with Crippen molar-refractivity contribution in [3.63, 3.8) is 0 Å². The lowest BCUT2D eigenvalue weighted by Gasteiger charge is -2.13. The Hall–Kier alpha value is -3.61. The van der Waals surface area contributed by atoms with Gasteiger partial charge in [0, 0.05) is 0 Å². The number of amides is 2. The minimum atomic E-state index is -0.793. The molecule has 1 atom stereocenters. The number of nitrogens with one attached hydrogen (secondary N) is 2. The summed E-state index contributed by atoms with van der Waals surface area (Å²) in [6.07, 6.45) is 3.84. The standard InChI is InChI=1S/C21H22N4O3/c1-12-4-6-14(7-5-12)8-10-16-18-17(25-24-16)11-9-15(19(18)28-3)21(27)23-13(2)20(22)26/h4-11,13H,1-3H3,(H2,22,26)(H,23,27)(H,24,25)/b10-8+/t13-/m0/s1. The Bertz CT molecular complexity index is 1050. The Morgan fingerprint density at radius 3 is 2.54 bits per heavy atom. The second kappa shape index (κ2) is 7.96. The van der Waals surface area contributed by atoms with Crippen molar-refractivity contribution in [3.05, 3.63) is 58.8 Å². The summed E-state index contributed by atoms with van der Waals surface area (Å²) in [6, 6.07) is 10.6. The molecule has 0 bridgehead atoms. The first-order chi connectivity index (χ1) is 13.4. The molecule has 0 aliphatic heterocycles. The molecule has 2 aromatic carbocycles. The van der Waals surface area contributed by atoms with Crippen LogP contribution < -0.4 is 15.8 Å². The number of rotatable bonds is 6. The molecule has 0 fully saturated rings. The molecule has 0 radical (unpaired) electrons. The van der Waals surface area contributed by atoms with Gasteiger partial charge in [0.05, 0.1) is 29.3 Å². The summed E-state index contributed by atoms with van der Waals surface area (Å²) in [5.74, 6) is -0.679. The largest absolute Gasteiger partial charge is 0.495 e. The van der Waals surface area contributed by atoms with Crippen LogP contribution >= 0.6 is 0 Å². The fourth-order valence-electron chi connectivity index (χ4n) is 2.82. The second-order valence-corrected chi connectivity index (χ2v) is 6.52. The average Bonchev–Trinajstić information content (AvgIpc) is 3.09. The summed E-state index contributed by atoms with van der Waals surface area (Å²) in [7, 11) is 1.49. The average molecular weight is 378 g/mol. The molecular weight excluding hydrogens is 356 g/mol. The van der Waals surface area contributed by atoms with Crippen molar-refractivity contribution in [3.8, 4) is 5.75 Å². The predicted molar refractivity (Wildman–Crippen MR) is 109 cm³/mol. The van der Waals surface area contributed by atoms with E-state index in [1.165, 1.54) is 19.6 Å². The van der Waals surface area contributed by atoms with Crippen molar-refractivity contribution in [2.75, 3.05) is 7.11 Å². The zero-order chi connectivity index (χ0) is 20.3. The molecule has 7 nitrogen and oxygen atoms in total. The van der Waals surface area contributed by atoms with Gasteiger partial charge in [-0.2, -0.15) is 5.10 Å². The normalized spacial score (nSPS) is 12.2. The van der Waals surface area contributed by atoms with Crippen molar-refractivity contribution in [2.24, 2.45) is 5.73 Å². The van der Waals surface area contributed by atoms with Gasteiger partial charge in [-0.25, -0.2) is 0 Å². The molecule has 0 unspecified atom stereocenters. The molecule has 3 aromatic rings. The maximum Gasteiger partial charge on any atom is 0.255 e. The molecule has 0 saturated heterocycles. The van der Waals surface area contributed by atoms with Crippen molar-refractivity contribution in [1.82, 2.24) is 15.5 Å². The molecular formula is C21H22N4O3. The van der Waals surface area contributed by atoms with Crippen LogP contribution in [0.15, 0.2) is 36.4 Å². The van der Waals surface area contributed by atoms with E-state index in [0.717, 1.165) is 5.56 Å². The lowest BCUT2D eigenvalue weighted by Crippen LogP contribution is -2.42. The monoisotopic (exact) mass is 378 g/mol. The number of nitrogens with two attached hydrogens (primary N) is 1. The molecule has 0 aliphatic rings. The van der Waals surface area contributed by atoms with Crippen LogP contribution in [-0.2, 0) is 4.79 Å². The molecule has 0 saturated carbocycles. The summed E-state index contributed by atoms with van der Waals surface area (Å²) in [5.41, 5.74) is 9.13. The third kappa shape index (κ3) is 3.88. The zero-order valence-electron chi connectivity index (χ0n) is 15.9. The highest BCUT2D eigenvalue weighted by Crippen LogP contribution is 2.32. The topological polar surface area (TPSA) is 110 Å². The molecule has 4 N–H and O–H groups in total. The van der Waals surface area contributed by atoms with E-state index in [1.807, 2.05) is 43.3 Å². The van der Waals surface area contributed by atoms with Crippen LogP contribution in [0.25, 0.3) is 23.1 Å². The first-order valence-corrected chi connectivity index (χ1v) is 8.80. The fraction of sp³-hybridized carbons (Fsp3) is 0.190. The van der Waals surface area contributed by atoms with Crippen LogP contribution in [0.1, 0.15) is 34.1 Å². The van der Waals surface area contributed by atoms with E-state index in [9.17, 15) is 9.59 Å². The number of primary amides is 1. The maximum absolute atomic E-state index is 12.6. The number of methoxy groups -OCH3 is 1. The second-order valence-electron chi connectivity index (χ2n) is 6.52. The van der Waals surface area contributed by atoms with Crippen LogP contribution in [0.2, 0.25) is 0 Å². The summed E-state index contributed by atoms with van der Waals surface area (Å²) in [5, 5.41) is 10.5. The van der Waals surface area contributed by atoms with Gasteiger partial charge >= 0.3 is 0 Å². The molecule has 28 heavy (non-hydrogen) atoms. The summed E-state index contributed by atoms with van der Waals surface area (Å²) in [4.78, 5) is 23.8. The third-order valence-corrected chi connectivity index (χ3v) is 4.44. The Balaban J connectivity index is 2.00. The number of aromatic nitrogens is 2. The molecule has 7 heteroatoms. The highest BCUT2D eigenvalue weighted by atomic mass is 16.5.